The first-order valence-electron chi connectivity index (χ1n) is 10.2. The second-order valence-corrected chi connectivity index (χ2v) is 7.34. The summed E-state index contributed by atoms with van der Waals surface area (Å²) in [7, 11) is 1.99. The van der Waals surface area contributed by atoms with Gasteiger partial charge in [-0.05, 0) is 44.0 Å². The fourth-order valence-corrected chi connectivity index (χ4v) is 3.14. The van der Waals surface area contributed by atoms with E-state index < -0.39 is 0 Å². The van der Waals surface area contributed by atoms with E-state index in [0.717, 1.165) is 25.0 Å². The van der Waals surface area contributed by atoms with Crippen molar-refractivity contribution in [1.82, 2.24) is 14.4 Å². The van der Waals surface area contributed by atoms with Gasteiger partial charge in [0.2, 0.25) is 5.91 Å². The molecule has 0 saturated carbocycles. The lowest BCUT2D eigenvalue weighted by Gasteiger charge is -2.31. The van der Waals surface area contributed by atoms with Crippen molar-refractivity contribution in [1.29, 1.82) is 0 Å². The molecule has 0 saturated heterocycles. The zero-order valence-corrected chi connectivity index (χ0v) is 17.6. The number of benzene rings is 1. The molecule has 2 aromatic rings. The predicted molar refractivity (Wildman–Crippen MR) is 113 cm³/mol. The number of rotatable bonds is 10. The third-order valence-corrected chi connectivity index (χ3v) is 5.25. The first-order valence-corrected chi connectivity index (χ1v) is 10.2. The number of nitrogens with zero attached hydrogens (tertiary/aromatic N) is 3. The summed E-state index contributed by atoms with van der Waals surface area (Å²) >= 11 is 0. The molecule has 0 aliphatic rings. The van der Waals surface area contributed by atoms with Crippen LogP contribution in [0.3, 0.4) is 0 Å². The SMILES string of the molecule is CCCCN(Cc1cccn1C)C(=O)CN(C(=O)c1ccccc1)C(C)CC. The molecular weight excluding hydrogens is 350 g/mol. The molecule has 0 aliphatic heterocycles. The van der Waals surface area contributed by atoms with Crippen LogP contribution >= 0.6 is 0 Å². The number of aryl methyl sites for hydroxylation is 1. The third-order valence-electron chi connectivity index (χ3n) is 5.25. The number of unbranched alkanes of at least 4 members (excludes halogenated alkanes) is 1. The van der Waals surface area contributed by atoms with Gasteiger partial charge in [-0.1, -0.05) is 38.5 Å². The maximum Gasteiger partial charge on any atom is 0.254 e. The molecule has 152 valence electrons. The molecule has 5 nitrogen and oxygen atoms in total. The van der Waals surface area contributed by atoms with Gasteiger partial charge in [0, 0.05) is 37.1 Å². The van der Waals surface area contributed by atoms with Gasteiger partial charge in [-0.15, -0.1) is 0 Å². The van der Waals surface area contributed by atoms with Crippen LogP contribution in [0.2, 0.25) is 0 Å². The van der Waals surface area contributed by atoms with Gasteiger partial charge in [-0.25, -0.2) is 0 Å². The van der Waals surface area contributed by atoms with Crippen molar-refractivity contribution in [3.8, 4) is 0 Å². The molecule has 0 spiro atoms. The van der Waals surface area contributed by atoms with Crippen molar-refractivity contribution in [3.63, 3.8) is 0 Å². The third kappa shape index (κ3) is 5.72. The Morgan fingerprint density at radius 2 is 1.79 bits per heavy atom. The summed E-state index contributed by atoms with van der Waals surface area (Å²) < 4.78 is 2.04. The van der Waals surface area contributed by atoms with Crippen molar-refractivity contribution in [2.45, 2.75) is 52.6 Å². The highest BCUT2D eigenvalue weighted by Gasteiger charge is 2.25. The van der Waals surface area contributed by atoms with Crippen molar-refractivity contribution in [3.05, 3.63) is 59.9 Å². The second-order valence-electron chi connectivity index (χ2n) is 7.34. The van der Waals surface area contributed by atoms with Gasteiger partial charge in [0.15, 0.2) is 0 Å². The topological polar surface area (TPSA) is 45.6 Å². The maximum absolute atomic E-state index is 13.2. The zero-order chi connectivity index (χ0) is 20.5. The Morgan fingerprint density at radius 3 is 2.36 bits per heavy atom. The second kappa shape index (κ2) is 10.7. The van der Waals surface area contributed by atoms with Crippen molar-refractivity contribution in [2.75, 3.05) is 13.1 Å². The molecule has 2 amide bonds. The summed E-state index contributed by atoms with van der Waals surface area (Å²) in [6.07, 6.45) is 4.77. The Morgan fingerprint density at radius 1 is 1.07 bits per heavy atom. The predicted octanol–water partition coefficient (Wildman–Crippen LogP) is 4.09. The standard InChI is InChI=1S/C23H33N3O2/c1-5-7-16-25(17-21-14-11-15-24(21)4)22(27)18-26(19(3)6-2)23(28)20-12-9-8-10-13-20/h8-15,19H,5-7,16-18H2,1-4H3. The summed E-state index contributed by atoms with van der Waals surface area (Å²) in [5.74, 6) is -0.0863. The average molecular weight is 384 g/mol. The maximum atomic E-state index is 13.2. The van der Waals surface area contributed by atoms with Crippen molar-refractivity contribution < 1.29 is 9.59 Å². The van der Waals surface area contributed by atoms with Gasteiger partial charge < -0.3 is 14.4 Å². The van der Waals surface area contributed by atoms with Crippen LogP contribution in [-0.4, -0.2) is 45.3 Å². The van der Waals surface area contributed by atoms with Crippen LogP contribution in [0, 0.1) is 0 Å². The number of carbonyl (C=O) groups excluding carboxylic acids is 2. The van der Waals surface area contributed by atoms with Gasteiger partial charge in [-0.2, -0.15) is 0 Å². The minimum atomic E-state index is -0.0855. The van der Waals surface area contributed by atoms with E-state index in [1.54, 1.807) is 17.0 Å². The lowest BCUT2D eigenvalue weighted by molar-refractivity contribution is -0.133. The molecular formula is C23H33N3O2. The van der Waals surface area contributed by atoms with Crippen LogP contribution in [0.5, 0.6) is 0 Å². The van der Waals surface area contributed by atoms with E-state index in [1.165, 1.54) is 0 Å². The molecule has 5 heteroatoms. The highest BCUT2D eigenvalue weighted by molar-refractivity contribution is 5.96. The molecule has 0 radical (unpaired) electrons. The zero-order valence-electron chi connectivity index (χ0n) is 17.6. The summed E-state index contributed by atoms with van der Waals surface area (Å²) in [4.78, 5) is 29.8. The minimum Gasteiger partial charge on any atom is -0.353 e. The Balaban J connectivity index is 2.18. The lowest BCUT2D eigenvalue weighted by Crippen LogP contribution is -2.46. The minimum absolute atomic E-state index is 0.000261. The monoisotopic (exact) mass is 383 g/mol. The van der Waals surface area contributed by atoms with E-state index >= 15 is 0 Å². The van der Waals surface area contributed by atoms with E-state index in [9.17, 15) is 9.59 Å². The van der Waals surface area contributed by atoms with Gasteiger partial charge in [0.05, 0.1) is 6.54 Å². The summed E-state index contributed by atoms with van der Waals surface area (Å²) in [5, 5.41) is 0. The van der Waals surface area contributed by atoms with Gasteiger partial charge in [0.25, 0.3) is 5.91 Å². The van der Waals surface area contributed by atoms with Gasteiger partial charge in [0.1, 0.15) is 6.54 Å². The Kier molecular flexibility index (Phi) is 8.30. The summed E-state index contributed by atoms with van der Waals surface area (Å²) in [6, 6.07) is 13.2. The quantitative estimate of drug-likeness (QED) is 0.620. The van der Waals surface area contributed by atoms with Gasteiger partial charge in [-0.3, -0.25) is 9.59 Å². The van der Waals surface area contributed by atoms with E-state index in [1.807, 2.05) is 66.9 Å². The van der Waals surface area contributed by atoms with Crippen molar-refractivity contribution in [2.24, 2.45) is 7.05 Å². The summed E-state index contributed by atoms with van der Waals surface area (Å²) in [5.41, 5.74) is 1.71. The highest BCUT2D eigenvalue weighted by atomic mass is 16.2. The van der Waals surface area contributed by atoms with E-state index in [4.69, 9.17) is 0 Å². The molecule has 1 atom stereocenters. The summed E-state index contributed by atoms with van der Waals surface area (Å²) in [6.45, 7) is 7.54. The van der Waals surface area contributed by atoms with E-state index in [-0.39, 0.29) is 24.4 Å². The largest absolute Gasteiger partial charge is 0.353 e. The molecule has 1 unspecified atom stereocenters. The average Bonchev–Trinajstić information content (AvgIpc) is 3.13. The van der Waals surface area contributed by atoms with Crippen LogP contribution in [0.15, 0.2) is 48.7 Å². The van der Waals surface area contributed by atoms with E-state index in [2.05, 4.69) is 6.92 Å². The van der Waals surface area contributed by atoms with E-state index in [0.29, 0.717) is 18.7 Å². The fraction of sp³-hybridized carbons (Fsp3) is 0.478. The molecule has 0 aliphatic carbocycles. The number of aromatic nitrogens is 1. The molecule has 0 fully saturated rings. The molecule has 2 rings (SSSR count). The Labute approximate surface area is 168 Å². The van der Waals surface area contributed by atoms with Crippen LogP contribution in [-0.2, 0) is 18.4 Å². The Bertz CT molecular complexity index is 754. The van der Waals surface area contributed by atoms with Crippen LogP contribution < -0.4 is 0 Å². The van der Waals surface area contributed by atoms with Crippen LogP contribution in [0.1, 0.15) is 56.1 Å². The van der Waals surface area contributed by atoms with Crippen LogP contribution in [0.25, 0.3) is 0 Å². The molecule has 0 N–H and O–H groups in total. The van der Waals surface area contributed by atoms with Gasteiger partial charge >= 0.3 is 0 Å². The lowest BCUT2D eigenvalue weighted by atomic mass is 10.1. The number of hydrogen-bond donors (Lipinski definition) is 0. The first-order chi connectivity index (χ1) is 13.5. The highest BCUT2D eigenvalue weighted by Crippen LogP contribution is 2.13. The fourth-order valence-electron chi connectivity index (χ4n) is 3.14. The number of carbonyl (C=O) groups is 2. The smallest absolute Gasteiger partial charge is 0.254 e. The molecule has 0 bridgehead atoms. The van der Waals surface area contributed by atoms with Crippen LogP contribution in [0.4, 0.5) is 0 Å². The molecule has 1 aromatic carbocycles. The molecule has 1 heterocycles. The first kappa shape index (κ1) is 21.7. The molecule has 1 aromatic heterocycles. The number of amides is 2. The normalized spacial score (nSPS) is 11.9. The molecule has 28 heavy (non-hydrogen) atoms. The Hall–Kier alpha value is -2.56. The number of hydrogen-bond acceptors (Lipinski definition) is 2. The van der Waals surface area contributed by atoms with Crippen molar-refractivity contribution >= 4 is 11.8 Å².